The fraction of sp³-hybridized carbons (Fsp3) is 0.300. The molecular weight excluding hydrogens is 230 g/mol. The third kappa shape index (κ3) is 3.59. The molecule has 0 spiro atoms. The Morgan fingerprint density at radius 1 is 1.62 bits per heavy atom. The molecule has 1 heterocycles. The van der Waals surface area contributed by atoms with Crippen molar-refractivity contribution in [1.29, 1.82) is 0 Å². The van der Waals surface area contributed by atoms with Crippen LogP contribution in [0.5, 0.6) is 5.88 Å². The normalized spacial score (nSPS) is 9.62. The second-order valence-electron chi connectivity index (χ2n) is 2.57. The van der Waals surface area contributed by atoms with Crippen LogP contribution in [0.3, 0.4) is 0 Å². The molecule has 2 nitrogen and oxygen atoms in total. The Hall–Kier alpha value is -0.830. The van der Waals surface area contributed by atoms with Crippen molar-refractivity contribution in [2.45, 2.75) is 12.8 Å². The van der Waals surface area contributed by atoms with E-state index in [1.807, 2.05) is 18.2 Å². The molecule has 0 unspecified atom stereocenters. The quantitative estimate of drug-likeness (QED) is 0.584. The van der Waals surface area contributed by atoms with E-state index in [1.54, 1.807) is 6.20 Å². The SMILES string of the molecule is C=CCCCOc1ncccc1Br. The zero-order valence-electron chi connectivity index (χ0n) is 7.37. The summed E-state index contributed by atoms with van der Waals surface area (Å²) in [5.41, 5.74) is 0. The molecular formula is C10H12BrNO. The second kappa shape index (κ2) is 5.75. The topological polar surface area (TPSA) is 22.1 Å². The molecule has 0 radical (unpaired) electrons. The van der Waals surface area contributed by atoms with Crippen molar-refractivity contribution in [2.75, 3.05) is 6.61 Å². The molecule has 1 aromatic rings. The van der Waals surface area contributed by atoms with Crippen LogP contribution in [0, 0.1) is 0 Å². The average molecular weight is 242 g/mol. The Bertz CT molecular complexity index is 275. The molecule has 1 rings (SSSR count). The van der Waals surface area contributed by atoms with Crippen LogP contribution in [-0.2, 0) is 0 Å². The number of aromatic nitrogens is 1. The van der Waals surface area contributed by atoms with Gasteiger partial charge >= 0.3 is 0 Å². The molecule has 0 N–H and O–H groups in total. The largest absolute Gasteiger partial charge is 0.477 e. The molecule has 13 heavy (non-hydrogen) atoms. The van der Waals surface area contributed by atoms with Gasteiger partial charge in [0.05, 0.1) is 11.1 Å². The maximum Gasteiger partial charge on any atom is 0.227 e. The predicted octanol–water partition coefficient (Wildman–Crippen LogP) is 3.19. The van der Waals surface area contributed by atoms with Crippen LogP contribution < -0.4 is 4.74 Å². The van der Waals surface area contributed by atoms with E-state index in [0.717, 1.165) is 17.3 Å². The van der Waals surface area contributed by atoms with E-state index >= 15 is 0 Å². The summed E-state index contributed by atoms with van der Waals surface area (Å²) in [6.45, 7) is 4.32. The molecule has 70 valence electrons. The highest BCUT2D eigenvalue weighted by Crippen LogP contribution is 2.20. The van der Waals surface area contributed by atoms with Gasteiger partial charge in [-0.05, 0) is 40.9 Å². The van der Waals surface area contributed by atoms with E-state index in [4.69, 9.17) is 4.74 Å². The fourth-order valence-corrected chi connectivity index (χ4v) is 1.24. The van der Waals surface area contributed by atoms with Crippen molar-refractivity contribution in [3.8, 4) is 5.88 Å². The monoisotopic (exact) mass is 241 g/mol. The van der Waals surface area contributed by atoms with Crippen molar-refractivity contribution in [3.63, 3.8) is 0 Å². The minimum atomic E-state index is 0.659. The van der Waals surface area contributed by atoms with Crippen molar-refractivity contribution < 1.29 is 4.74 Å². The Morgan fingerprint density at radius 3 is 3.15 bits per heavy atom. The molecule has 0 bridgehead atoms. The minimum absolute atomic E-state index is 0.659. The summed E-state index contributed by atoms with van der Waals surface area (Å²) in [5.74, 6) is 0.659. The molecule has 0 amide bonds. The molecule has 0 aliphatic heterocycles. The summed E-state index contributed by atoms with van der Waals surface area (Å²) in [4.78, 5) is 4.08. The van der Waals surface area contributed by atoms with Gasteiger partial charge in [0.15, 0.2) is 0 Å². The number of hydrogen-bond donors (Lipinski definition) is 0. The lowest BCUT2D eigenvalue weighted by atomic mass is 10.3. The first-order valence-electron chi connectivity index (χ1n) is 4.19. The van der Waals surface area contributed by atoms with Crippen LogP contribution >= 0.6 is 15.9 Å². The molecule has 0 saturated heterocycles. The van der Waals surface area contributed by atoms with Crippen molar-refractivity contribution in [3.05, 3.63) is 35.5 Å². The van der Waals surface area contributed by atoms with Gasteiger partial charge in [-0.25, -0.2) is 4.98 Å². The van der Waals surface area contributed by atoms with Crippen LogP contribution in [0.25, 0.3) is 0 Å². The average Bonchev–Trinajstić information content (AvgIpc) is 2.15. The van der Waals surface area contributed by atoms with Gasteiger partial charge in [0, 0.05) is 6.20 Å². The Morgan fingerprint density at radius 2 is 2.46 bits per heavy atom. The number of halogens is 1. The minimum Gasteiger partial charge on any atom is -0.477 e. The van der Waals surface area contributed by atoms with Gasteiger partial charge in [0.25, 0.3) is 0 Å². The second-order valence-corrected chi connectivity index (χ2v) is 3.42. The summed E-state index contributed by atoms with van der Waals surface area (Å²) in [7, 11) is 0. The van der Waals surface area contributed by atoms with E-state index in [0.29, 0.717) is 12.5 Å². The summed E-state index contributed by atoms with van der Waals surface area (Å²) >= 11 is 3.36. The van der Waals surface area contributed by atoms with Gasteiger partial charge < -0.3 is 4.74 Å². The number of unbranched alkanes of at least 4 members (excludes halogenated alkanes) is 1. The molecule has 0 aliphatic carbocycles. The molecule has 0 fully saturated rings. The number of pyridine rings is 1. The number of ether oxygens (including phenoxy) is 1. The first-order chi connectivity index (χ1) is 6.34. The fourth-order valence-electron chi connectivity index (χ4n) is 0.874. The maximum atomic E-state index is 5.43. The summed E-state index contributed by atoms with van der Waals surface area (Å²) in [6, 6.07) is 3.77. The maximum absolute atomic E-state index is 5.43. The van der Waals surface area contributed by atoms with Crippen molar-refractivity contribution >= 4 is 15.9 Å². The molecule has 3 heteroatoms. The predicted molar refractivity (Wildman–Crippen MR) is 56.9 cm³/mol. The van der Waals surface area contributed by atoms with Crippen LogP contribution in [0.2, 0.25) is 0 Å². The standard InChI is InChI=1S/C10H12BrNO/c1-2-3-4-8-13-10-9(11)6-5-7-12-10/h2,5-7H,1,3-4,8H2. The lowest BCUT2D eigenvalue weighted by Gasteiger charge is -2.04. The Labute approximate surface area is 86.8 Å². The van der Waals surface area contributed by atoms with Crippen molar-refractivity contribution in [2.24, 2.45) is 0 Å². The van der Waals surface area contributed by atoms with Crippen LogP contribution in [0.15, 0.2) is 35.5 Å². The molecule has 0 atom stereocenters. The molecule has 0 aliphatic rings. The third-order valence-corrected chi connectivity index (χ3v) is 2.12. The van der Waals surface area contributed by atoms with E-state index in [2.05, 4.69) is 27.5 Å². The summed E-state index contributed by atoms with van der Waals surface area (Å²) in [6.07, 6.45) is 5.56. The Balaban J connectivity index is 2.36. The Kier molecular flexibility index (Phi) is 4.54. The summed E-state index contributed by atoms with van der Waals surface area (Å²) < 4.78 is 6.33. The number of rotatable bonds is 5. The van der Waals surface area contributed by atoms with Crippen LogP contribution in [0.4, 0.5) is 0 Å². The van der Waals surface area contributed by atoms with Gasteiger partial charge in [-0.3, -0.25) is 0 Å². The zero-order chi connectivity index (χ0) is 9.52. The third-order valence-electron chi connectivity index (χ3n) is 1.52. The van der Waals surface area contributed by atoms with E-state index < -0.39 is 0 Å². The van der Waals surface area contributed by atoms with Gasteiger partial charge in [-0.15, -0.1) is 6.58 Å². The highest BCUT2D eigenvalue weighted by molar-refractivity contribution is 9.10. The zero-order valence-corrected chi connectivity index (χ0v) is 8.96. The first-order valence-corrected chi connectivity index (χ1v) is 4.98. The van der Waals surface area contributed by atoms with Gasteiger partial charge in [0.1, 0.15) is 0 Å². The highest BCUT2D eigenvalue weighted by Gasteiger charge is 1.99. The molecule has 0 aromatic carbocycles. The number of hydrogen-bond acceptors (Lipinski definition) is 2. The van der Waals surface area contributed by atoms with Crippen LogP contribution in [0.1, 0.15) is 12.8 Å². The highest BCUT2D eigenvalue weighted by atomic mass is 79.9. The lowest BCUT2D eigenvalue weighted by Crippen LogP contribution is -1.98. The lowest BCUT2D eigenvalue weighted by molar-refractivity contribution is 0.298. The molecule has 0 saturated carbocycles. The first kappa shape index (κ1) is 10.3. The van der Waals surface area contributed by atoms with Crippen molar-refractivity contribution in [1.82, 2.24) is 4.98 Å². The van der Waals surface area contributed by atoms with E-state index in [-0.39, 0.29) is 0 Å². The summed E-state index contributed by atoms with van der Waals surface area (Å²) in [5, 5.41) is 0. The number of allylic oxidation sites excluding steroid dienone is 1. The van der Waals surface area contributed by atoms with E-state index in [9.17, 15) is 0 Å². The molecule has 1 aromatic heterocycles. The number of nitrogens with zero attached hydrogens (tertiary/aromatic N) is 1. The van der Waals surface area contributed by atoms with Crippen LogP contribution in [-0.4, -0.2) is 11.6 Å². The van der Waals surface area contributed by atoms with Gasteiger partial charge in [-0.2, -0.15) is 0 Å². The smallest absolute Gasteiger partial charge is 0.227 e. The van der Waals surface area contributed by atoms with E-state index in [1.165, 1.54) is 0 Å². The van der Waals surface area contributed by atoms with Gasteiger partial charge in [-0.1, -0.05) is 6.08 Å². The van der Waals surface area contributed by atoms with Gasteiger partial charge in [0.2, 0.25) is 5.88 Å².